The van der Waals surface area contributed by atoms with Gasteiger partial charge in [-0.25, -0.2) is 4.79 Å². The first-order valence-corrected chi connectivity index (χ1v) is 11.3. The van der Waals surface area contributed by atoms with Gasteiger partial charge in [-0.15, -0.1) is 0 Å². The van der Waals surface area contributed by atoms with Crippen molar-refractivity contribution in [3.05, 3.63) is 29.8 Å². The summed E-state index contributed by atoms with van der Waals surface area (Å²) in [6, 6.07) is 0.760. The van der Waals surface area contributed by atoms with E-state index in [2.05, 4.69) is 20.9 Å². The molecule has 204 valence electrons. The Morgan fingerprint density at radius 3 is 2.05 bits per heavy atom. The number of aliphatic imine (C=N–C) groups is 1. The predicted octanol–water partition coefficient (Wildman–Crippen LogP) is -3.25. The molecule has 0 aromatic heterocycles. The molecule has 4 amide bonds. The molecule has 15 nitrogen and oxygen atoms in total. The first kappa shape index (κ1) is 30.6. The minimum Gasteiger partial charge on any atom is -0.508 e. The van der Waals surface area contributed by atoms with E-state index in [1.54, 1.807) is 0 Å². The molecule has 0 fully saturated rings. The fourth-order valence-electron chi connectivity index (χ4n) is 3.08. The molecule has 4 unspecified atom stereocenters. The van der Waals surface area contributed by atoms with Crippen molar-refractivity contribution in [2.45, 2.75) is 56.8 Å². The first-order valence-electron chi connectivity index (χ1n) is 11.3. The summed E-state index contributed by atoms with van der Waals surface area (Å²) in [5.74, 6) is -4.76. The van der Waals surface area contributed by atoms with Crippen molar-refractivity contribution in [1.29, 1.82) is 0 Å². The lowest BCUT2D eigenvalue weighted by Gasteiger charge is -2.23. The van der Waals surface area contributed by atoms with Gasteiger partial charge >= 0.3 is 5.97 Å². The van der Waals surface area contributed by atoms with Gasteiger partial charge in [0, 0.05) is 13.0 Å². The third-order valence-electron chi connectivity index (χ3n) is 5.09. The minimum absolute atomic E-state index is 0.000464. The molecule has 1 rings (SSSR count). The van der Waals surface area contributed by atoms with Gasteiger partial charge in [0.2, 0.25) is 23.6 Å². The van der Waals surface area contributed by atoms with Crippen molar-refractivity contribution in [3.8, 4) is 5.75 Å². The summed E-state index contributed by atoms with van der Waals surface area (Å²) in [4.78, 5) is 64.4. The van der Waals surface area contributed by atoms with E-state index in [1.165, 1.54) is 31.2 Å². The van der Waals surface area contributed by atoms with Crippen LogP contribution in [0.5, 0.6) is 5.75 Å². The molecule has 0 aliphatic rings. The smallest absolute Gasteiger partial charge is 0.326 e. The number of amides is 4. The summed E-state index contributed by atoms with van der Waals surface area (Å²) >= 11 is 0. The number of phenols is 1. The maximum Gasteiger partial charge on any atom is 0.326 e. The van der Waals surface area contributed by atoms with E-state index in [9.17, 15) is 34.2 Å². The van der Waals surface area contributed by atoms with Crippen LogP contribution in [0, 0.1) is 0 Å². The second-order valence-corrected chi connectivity index (χ2v) is 8.29. The summed E-state index contributed by atoms with van der Waals surface area (Å²) in [7, 11) is 0. The number of carboxylic acid groups (broad SMARTS) is 1. The highest BCUT2D eigenvalue weighted by molar-refractivity contribution is 5.96. The molecular weight excluding hydrogens is 488 g/mol. The van der Waals surface area contributed by atoms with Gasteiger partial charge in [0.15, 0.2) is 5.96 Å². The van der Waals surface area contributed by atoms with Crippen molar-refractivity contribution in [3.63, 3.8) is 0 Å². The largest absolute Gasteiger partial charge is 0.508 e. The second kappa shape index (κ2) is 14.9. The molecule has 1 aromatic rings. The summed E-state index contributed by atoms with van der Waals surface area (Å²) in [6.45, 7) is 1.54. The SMILES string of the molecule is CC(NC(=O)C(CC(N)=O)NC(=O)C(N)CCCN=C(N)N)C(=O)NC(Cc1ccc(O)cc1)C(=O)O. The normalized spacial score (nSPS) is 13.8. The number of aromatic hydroxyl groups is 1. The third-order valence-corrected chi connectivity index (χ3v) is 5.09. The fourth-order valence-corrected chi connectivity index (χ4v) is 3.08. The van der Waals surface area contributed by atoms with Crippen LogP contribution in [0.4, 0.5) is 0 Å². The minimum atomic E-state index is -1.42. The first-order chi connectivity index (χ1) is 17.3. The van der Waals surface area contributed by atoms with Crippen molar-refractivity contribution < 1.29 is 34.2 Å². The Kier molecular flexibility index (Phi) is 12.3. The molecule has 0 bridgehead atoms. The highest BCUT2D eigenvalue weighted by Gasteiger charge is 2.29. The zero-order valence-corrected chi connectivity index (χ0v) is 20.3. The number of hydrogen-bond donors (Lipinski definition) is 9. The maximum absolute atomic E-state index is 12.7. The zero-order valence-electron chi connectivity index (χ0n) is 20.3. The van der Waals surface area contributed by atoms with Crippen molar-refractivity contribution in [2.75, 3.05) is 6.54 Å². The lowest BCUT2D eigenvalue weighted by molar-refractivity contribution is -0.142. The molecule has 0 spiro atoms. The lowest BCUT2D eigenvalue weighted by atomic mass is 10.1. The Morgan fingerprint density at radius 2 is 1.51 bits per heavy atom. The molecule has 4 atom stereocenters. The van der Waals surface area contributed by atoms with Crippen molar-refractivity contribution in [1.82, 2.24) is 16.0 Å². The van der Waals surface area contributed by atoms with Gasteiger partial charge in [0.1, 0.15) is 23.9 Å². The summed E-state index contributed by atoms with van der Waals surface area (Å²) in [6.07, 6.45) is -0.0795. The number of primary amides is 1. The van der Waals surface area contributed by atoms with Gasteiger partial charge in [-0.1, -0.05) is 12.1 Å². The van der Waals surface area contributed by atoms with E-state index in [0.717, 1.165) is 0 Å². The molecular formula is C22H34N8O7. The lowest BCUT2D eigenvalue weighted by Crippen LogP contribution is -2.57. The van der Waals surface area contributed by atoms with Gasteiger partial charge in [-0.3, -0.25) is 24.2 Å². The van der Waals surface area contributed by atoms with Gasteiger partial charge in [0.05, 0.1) is 12.5 Å². The van der Waals surface area contributed by atoms with Gasteiger partial charge in [-0.05, 0) is 37.5 Å². The molecule has 0 aliphatic carbocycles. The Hall–Kier alpha value is -4.40. The standard InChI is InChI=1S/C22H34N8O7/c1-11(18(33)30-16(21(36)37)9-12-4-6-13(31)7-5-12)28-20(35)15(10-17(24)32)29-19(34)14(23)3-2-8-27-22(25)26/h4-7,11,14-16,31H,2-3,8-10,23H2,1H3,(H2,24,32)(H,28,35)(H,29,34)(H,30,33)(H,36,37)(H4,25,26,27). The van der Waals surface area contributed by atoms with Crippen LogP contribution < -0.4 is 38.9 Å². The number of benzene rings is 1. The highest BCUT2D eigenvalue weighted by atomic mass is 16.4. The topological polar surface area (TPSA) is 278 Å². The third kappa shape index (κ3) is 11.7. The van der Waals surface area contributed by atoms with Crippen LogP contribution in [-0.4, -0.2) is 76.5 Å². The molecule has 1 aromatic carbocycles. The Morgan fingerprint density at radius 1 is 0.919 bits per heavy atom. The average molecular weight is 523 g/mol. The van der Waals surface area contributed by atoms with Gasteiger partial charge in [-0.2, -0.15) is 0 Å². The van der Waals surface area contributed by atoms with Crippen LogP contribution in [0.2, 0.25) is 0 Å². The Labute approximate surface area is 213 Å². The van der Waals surface area contributed by atoms with E-state index in [-0.39, 0.29) is 31.1 Å². The van der Waals surface area contributed by atoms with Crippen LogP contribution in [0.1, 0.15) is 31.7 Å². The maximum atomic E-state index is 12.7. The Balaban J connectivity index is 2.75. The number of hydrogen-bond acceptors (Lipinski definition) is 8. The van der Waals surface area contributed by atoms with Gasteiger partial charge < -0.3 is 49.1 Å². The van der Waals surface area contributed by atoms with Crippen LogP contribution in [0.25, 0.3) is 0 Å². The predicted molar refractivity (Wildman–Crippen MR) is 133 cm³/mol. The summed E-state index contributed by atoms with van der Waals surface area (Å²) < 4.78 is 0. The summed E-state index contributed by atoms with van der Waals surface area (Å²) in [5, 5.41) is 25.8. The van der Waals surface area contributed by atoms with Crippen molar-refractivity contribution >= 4 is 35.6 Å². The second-order valence-electron chi connectivity index (χ2n) is 8.29. The number of aliphatic carboxylic acids is 1. The molecule has 0 radical (unpaired) electrons. The van der Waals surface area contributed by atoms with E-state index in [1.807, 2.05) is 0 Å². The van der Waals surface area contributed by atoms with Crippen LogP contribution >= 0.6 is 0 Å². The van der Waals surface area contributed by atoms with Crippen LogP contribution in [0.15, 0.2) is 29.3 Å². The fraction of sp³-hybridized carbons (Fsp3) is 0.455. The molecule has 15 heteroatoms. The van der Waals surface area contributed by atoms with Crippen LogP contribution in [-0.2, 0) is 30.4 Å². The number of nitrogens with zero attached hydrogens (tertiary/aromatic N) is 1. The molecule has 37 heavy (non-hydrogen) atoms. The number of nitrogens with one attached hydrogen (secondary N) is 3. The Bertz CT molecular complexity index is 995. The average Bonchev–Trinajstić information content (AvgIpc) is 2.81. The molecule has 13 N–H and O–H groups in total. The van der Waals surface area contributed by atoms with Crippen molar-refractivity contribution in [2.24, 2.45) is 27.9 Å². The number of nitrogens with two attached hydrogens (primary N) is 4. The molecule has 0 saturated carbocycles. The quantitative estimate of drug-likeness (QED) is 0.0630. The number of carbonyl (C=O) groups is 5. The molecule has 0 aliphatic heterocycles. The zero-order chi connectivity index (χ0) is 28.1. The number of phenolic OH excluding ortho intramolecular Hbond substituents is 1. The number of carboxylic acids is 1. The van der Waals surface area contributed by atoms with E-state index >= 15 is 0 Å². The van der Waals surface area contributed by atoms with Gasteiger partial charge in [0.25, 0.3) is 0 Å². The number of guanidine groups is 1. The summed E-state index contributed by atoms with van der Waals surface area (Å²) in [5.41, 5.74) is 22.0. The van der Waals surface area contributed by atoms with Crippen LogP contribution in [0.3, 0.4) is 0 Å². The van der Waals surface area contributed by atoms with E-state index < -0.39 is 60.2 Å². The van der Waals surface area contributed by atoms with E-state index in [0.29, 0.717) is 12.0 Å². The van der Waals surface area contributed by atoms with E-state index in [4.69, 9.17) is 22.9 Å². The molecule has 0 saturated heterocycles. The number of carbonyl (C=O) groups excluding carboxylic acids is 4. The monoisotopic (exact) mass is 522 g/mol. The molecule has 0 heterocycles. The highest BCUT2D eigenvalue weighted by Crippen LogP contribution is 2.11. The number of rotatable bonds is 15.